The van der Waals surface area contributed by atoms with E-state index in [9.17, 15) is 35.8 Å². The van der Waals surface area contributed by atoms with Gasteiger partial charge < -0.3 is 9.84 Å². The molecule has 0 saturated heterocycles. The van der Waals surface area contributed by atoms with Crippen LogP contribution in [0.4, 0.5) is 30.7 Å². The number of nitrogens with zero attached hydrogens (tertiary/aromatic N) is 2. The van der Waals surface area contributed by atoms with E-state index in [4.69, 9.17) is 15.6 Å². The van der Waals surface area contributed by atoms with Crippen molar-refractivity contribution in [2.75, 3.05) is 0 Å². The van der Waals surface area contributed by atoms with Crippen LogP contribution in [-0.4, -0.2) is 26.9 Å². The number of aromatic nitrogens is 2. The van der Waals surface area contributed by atoms with Crippen molar-refractivity contribution in [2.45, 2.75) is 18.8 Å². The van der Waals surface area contributed by atoms with E-state index in [0.29, 0.717) is 17.7 Å². The lowest BCUT2D eigenvalue weighted by molar-refractivity contribution is -0.143. The first-order valence-corrected chi connectivity index (χ1v) is 10.6. The summed E-state index contributed by atoms with van der Waals surface area (Å²) < 4.78 is 98.9. The van der Waals surface area contributed by atoms with Crippen LogP contribution in [0.25, 0.3) is 22.2 Å². The molecule has 0 spiro atoms. The molecule has 0 amide bonds. The van der Waals surface area contributed by atoms with E-state index in [2.05, 4.69) is 9.97 Å². The van der Waals surface area contributed by atoms with Crippen LogP contribution in [0.1, 0.15) is 22.4 Å². The molecule has 0 radical (unpaired) electrons. The molecule has 2 aromatic heterocycles. The molecule has 6 nitrogen and oxygen atoms in total. The molecule has 196 valence electrons. The molecule has 0 saturated carbocycles. The minimum atomic E-state index is -5.12. The highest BCUT2D eigenvalue weighted by molar-refractivity contribution is 6.06. The SMILES string of the molecule is N=C(Cc1ccc(F)cc1)OC(=N)c1nc(-c2cc(C(F)(F)F)cc(C(F)(F)F)c2)c2cccnc2c1O. The Morgan fingerprint density at radius 2 is 1.50 bits per heavy atom. The number of nitrogens with one attached hydrogen (secondary N) is 2. The number of alkyl halides is 6. The predicted molar refractivity (Wildman–Crippen MR) is 122 cm³/mol. The van der Waals surface area contributed by atoms with Gasteiger partial charge in [0.2, 0.25) is 5.90 Å². The molecule has 2 heterocycles. The second-order valence-corrected chi connectivity index (χ2v) is 8.01. The van der Waals surface area contributed by atoms with E-state index in [1.54, 1.807) is 0 Å². The first-order chi connectivity index (χ1) is 17.7. The summed E-state index contributed by atoms with van der Waals surface area (Å²) in [5.41, 5.74) is -4.67. The first-order valence-electron chi connectivity index (χ1n) is 10.6. The number of ether oxygens (including phenoxy) is 1. The molecule has 13 heteroatoms. The Bertz CT molecular complexity index is 1520. The van der Waals surface area contributed by atoms with Gasteiger partial charge in [-0.25, -0.2) is 9.37 Å². The number of hydrogen-bond donors (Lipinski definition) is 3. The Morgan fingerprint density at radius 1 is 0.895 bits per heavy atom. The lowest BCUT2D eigenvalue weighted by Crippen LogP contribution is -2.16. The Morgan fingerprint density at radius 3 is 2.08 bits per heavy atom. The van der Waals surface area contributed by atoms with E-state index < -0.39 is 63.8 Å². The largest absolute Gasteiger partial charge is 0.504 e. The fourth-order valence-electron chi connectivity index (χ4n) is 3.59. The molecule has 38 heavy (non-hydrogen) atoms. The Hall–Kier alpha value is -4.55. The van der Waals surface area contributed by atoms with Crippen LogP contribution in [-0.2, 0) is 23.5 Å². The minimum absolute atomic E-state index is 0.0345. The summed E-state index contributed by atoms with van der Waals surface area (Å²) >= 11 is 0. The minimum Gasteiger partial charge on any atom is -0.504 e. The zero-order valence-corrected chi connectivity index (χ0v) is 18.9. The van der Waals surface area contributed by atoms with Gasteiger partial charge in [-0.1, -0.05) is 12.1 Å². The van der Waals surface area contributed by atoms with Gasteiger partial charge in [0.15, 0.2) is 17.3 Å². The number of hydrogen-bond acceptors (Lipinski definition) is 6. The third-order valence-corrected chi connectivity index (χ3v) is 5.31. The molecule has 0 aliphatic carbocycles. The number of rotatable bonds is 4. The first kappa shape index (κ1) is 26.5. The molecule has 0 bridgehead atoms. The van der Waals surface area contributed by atoms with Crippen molar-refractivity contribution >= 4 is 22.7 Å². The lowest BCUT2D eigenvalue weighted by atomic mass is 9.99. The highest BCUT2D eigenvalue weighted by Crippen LogP contribution is 2.40. The van der Waals surface area contributed by atoms with E-state index in [-0.39, 0.29) is 23.4 Å². The smallest absolute Gasteiger partial charge is 0.416 e. The molecular weight excluding hydrogens is 521 g/mol. The molecule has 0 aliphatic heterocycles. The van der Waals surface area contributed by atoms with Crippen LogP contribution < -0.4 is 0 Å². The van der Waals surface area contributed by atoms with E-state index in [1.807, 2.05) is 0 Å². The molecule has 0 atom stereocenters. The summed E-state index contributed by atoms with van der Waals surface area (Å²) in [4.78, 5) is 7.90. The van der Waals surface area contributed by atoms with Gasteiger partial charge in [-0.05, 0) is 48.0 Å². The standard InChI is InChI=1S/C25H15F7N4O2/c26-16-5-3-12(4-6-16)8-18(33)38-23(34)21-22(37)20-17(2-1-7-35-20)19(36-21)13-9-14(24(27,28)29)11-15(10-13)25(30,31)32/h1-7,9-11,33-34,37H,8H2. The van der Waals surface area contributed by atoms with Gasteiger partial charge >= 0.3 is 12.4 Å². The topological polar surface area (TPSA) is 103 Å². The van der Waals surface area contributed by atoms with Gasteiger partial charge in [-0.15, -0.1) is 0 Å². The van der Waals surface area contributed by atoms with Gasteiger partial charge in [0, 0.05) is 23.6 Å². The van der Waals surface area contributed by atoms with Crippen LogP contribution >= 0.6 is 0 Å². The van der Waals surface area contributed by atoms with E-state index in [1.165, 1.54) is 30.5 Å². The van der Waals surface area contributed by atoms with Crippen molar-refractivity contribution in [2.24, 2.45) is 0 Å². The second-order valence-electron chi connectivity index (χ2n) is 8.01. The van der Waals surface area contributed by atoms with Crippen LogP contribution in [0.5, 0.6) is 5.75 Å². The Kier molecular flexibility index (Phi) is 6.78. The Balaban J connectivity index is 1.81. The third kappa shape index (κ3) is 5.56. The summed E-state index contributed by atoms with van der Waals surface area (Å²) in [6.45, 7) is 0. The number of aromatic hydroxyl groups is 1. The van der Waals surface area contributed by atoms with Crippen LogP contribution in [0.3, 0.4) is 0 Å². The van der Waals surface area contributed by atoms with E-state index >= 15 is 0 Å². The molecule has 4 aromatic rings. The van der Waals surface area contributed by atoms with Gasteiger partial charge in [-0.2, -0.15) is 26.3 Å². The van der Waals surface area contributed by atoms with Crippen LogP contribution in [0.15, 0.2) is 60.8 Å². The summed E-state index contributed by atoms with van der Waals surface area (Å²) in [6.07, 6.45) is -9.21. The number of benzene rings is 2. The zero-order valence-electron chi connectivity index (χ0n) is 18.9. The zero-order chi connectivity index (χ0) is 27.8. The van der Waals surface area contributed by atoms with Crippen molar-refractivity contribution in [1.82, 2.24) is 9.97 Å². The molecule has 4 rings (SSSR count). The summed E-state index contributed by atoms with van der Waals surface area (Å²) in [7, 11) is 0. The monoisotopic (exact) mass is 536 g/mol. The van der Waals surface area contributed by atoms with Crippen molar-refractivity contribution in [1.29, 1.82) is 10.8 Å². The summed E-state index contributed by atoms with van der Waals surface area (Å²) in [5.74, 6) is -2.68. The normalized spacial score (nSPS) is 12.0. The molecule has 0 aliphatic rings. The predicted octanol–water partition coefficient (Wildman–Crippen LogP) is 6.74. The second kappa shape index (κ2) is 9.72. The van der Waals surface area contributed by atoms with Crippen molar-refractivity contribution in [3.05, 3.63) is 89.0 Å². The van der Waals surface area contributed by atoms with Crippen LogP contribution in [0.2, 0.25) is 0 Å². The fourth-order valence-corrected chi connectivity index (χ4v) is 3.59. The van der Waals surface area contributed by atoms with Crippen molar-refractivity contribution < 1.29 is 40.6 Å². The summed E-state index contributed by atoms with van der Waals surface area (Å²) in [6, 6.07) is 8.55. The van der Waals surface area contributed by atoms with Crippen molar-refractivity contribution in [3.63, 3.8) is 0 Å². The average molecular weight is 536 g/mol. The highest BCUT2D eigenvalue weighted by atomic mass is 19.4. The van der Waals surface area contributed by atoms with Crippen molar-refractivity contribution in [3.8, 4) is 17.0 Å². The van der Waals surface area contributed by atoms with Gasteiger partial charge in [0.25, 0.3) is 0 Å². The highest BCUT2D eigenvalue weighted by Gasteiger charge is 2.37. The van der Waals surface area contributed by atoms with Crippen LogP contribution in [0, 0.1) is 16.6 Å². The van der Waals surface area contributed by atoms with Gasteiger partial charge in [0.1, 0.15) is 11.3 Å². The quantitative estimate of drug-likeness (QED) is 0.153. The lowest BCUT2D eigenvalue weighted by Gasteiger charge is -2.16. The van der Waals surface area contributed by atoms with Gasteiger partial charge in [0.05, 0.1) is 16.8 Å². The average Bonchev–Trinajstić information content (AvgIpc) is 2.84. The fraction of sp³-hybridized carbons (Fsp3) is 0.120. The molecule has 0 unspecified atom stereocenters. The maximum absolute atomic E-state index is 13.4. The number of fused-ring (bicyclic) bond motifs is 1. The number of pyridine rings is 2. The molecule has 3 N–H and O–H groups in total. The maximum Gasteiger partial charge on any atom is 0.416 e. The van der Waals surface area contributed by atoms with E-state index in [0.717, 1.165) is 12.1 Å². The summed E-state index contributed by atoms with van der Waals surface area (Å²) in [5, 5.41) is 26.7. The molecule has 0 fully saturated rings. The van der Waals surface area contributed by atoms with Gasteiger partial charge in [-0.3, -0.25) is 15.8 Å². The Labute approximate surface area is 209 Å². The maximum atomic E-state index is 13.4. The molecule has 2 aromatic carbocycles. The number of halogens is 7. The third-order valence-electron chi connectivity index (χ3n) is 5.31. The molecular formula is C25H15F7N4O2.